The van der Waals surface area contributed by atoms with Gasteiger partial charge >= 0.3 is 0 Å². The molecule has 0 N–H and O–H groups in total. The van der Waals surface area contributed by atoms with Gasteiger partial charge in [-0.05, 0) is 44.2 Å². The molecule has 0 amide bonds. The summed E-state index contributed by atoms with van der Waals surface area (Å²) in [5.74, 6) is 0. The number of hydrogen-bond acceptors (Lipinski definition) is 3. The molecule has 2 heterocycles. The van der Waals surface area contributed by atoms with E-state index in [1.54, 1.807) is 0 Å². The molecule has 0 aliphatic carbocycles. The minimum absolute atomic E-state index is 0.107. The minimum atomic E-state index is -0.877. The van der Waals surface area contributed by atoms with Gasteiger partial charge in [0.2, 0.25) is 0 Å². The van der Waals surface area contributed by atoms with E-state index in [0.29, 0.717) is 13.2 Å². The Labute approximate surface area is 245 Å². The molecule has 2 aliphatic rings. The van der Waals surface area contributed by atoms with Gasteiger partial charge in [0.05, 0.1) is 13.2 Å². The summed E-state index contributed by atoms with van der Waals surface area (Å²) in [4.78, 5) is 0. The summed E-state index contributed by atoms with van der Waals surface area (Å²) in [7, 11) is 0. The zero-order chi connectivity index (χ0) is 28.9. The number of benzene rings is 4. The van der Waals surface area contributed by atoms with Crippen LogP contribution < -0.4 is 0 Å². The first-order valence-electron chi connectivity index (χ1n) is 14.8. The predicted octanol–water partition coefficient (Wildman–Crippen LogP) is 8.28. The third-order valence-corrected chi connectivity index (χ3v) is 8.57. The maximum atomic E-state index is 8.04. The first-order valence-corrected chi connectivity index (χ1v) is 14.8. The van der Waals surface area contributed by atoms with Crippen molar-refractivity contribution in [2.24, 2.45) is 0 Å². The van der Waals surface area contributed by atoms with Gasteiger partial charge in [-0.25, -0.2) is 0 Å². The smallest absolute Gasteiger partial charge is 0.148 e. The number of hydrogen-bond donors (Lipinski definition) is 0. The molecular formula is C38H42O3. The van der Waals surface area contributed by atoms with Gasteiger partial charge in [0, 0.05) is 0 Å². The molecule has 2 saturated heterocycles. The fraction of sp³-hybridized carbons (Fsp3) is 0.368. The van der Waals surface area contributed by atoms with E-state index in [9.17, 15) is 0 Å². The Morgan fingerprint density at radius 1 is 0.463 bits per heavy atom. The lowest BCUT2D eigenvalue weighted by atomic mass is 9.71. The first kappa shape index (κ1) is 27.9. The Bertz CT molecular complexity index is 1380. The second-order valence-electron chi connectivity index (χ2n) is 13.5. The average molecular weight is 547 g/mol. The molecule has 4 unspecified atom stereocenters. The van der Waals surface area contributed by atoms with Gasteiger partial charge in [0.15, 0.2) is 0 Å². The molecule has 6 rings (SSSR count). The molecule has 0 radical (unpaired) electrons. The SMILES string of the molecule is CC(C)(C)c1ccccc1C(OC(c1ccccc1)(c1ccccc1C(C)(C)C)C1CO1)(c1ccccc1)C1CO1. The predicted molar refractivity (Wildman–Crippen MR) is 165 cm³/mol. The van der Waals surface area contributed by atoms with E-state index >= 15 is 0 Å². The van der Waals surface area contributed by atoms with Crippen LogP contribution in [-0.4, -0.2) is 25.4 Å². The zero-order valence-corrected chi connectivity index (χ0v) is 25.2. The van der Waals surface area contributed by atoms with Gasteiger partial charge in [0.1, 0.15) is 23.4 Å². The highest BCUT2D eigenvalue weighted by atomic mass is 16.6. The molecule has 4 aromatic carbocycles. The van der Waals surface area contributed by atoms with Crippen molar-refractivity contribution < 1.29 is 14.2 Å². The van der Waals surface area contributed by atoms with Crippen molar-refractivity contribution in [1.82, 2.24) is 0 Å². The van der Waals surface area contributed by atoms with Crippen molar-refractivity contribution in [1.29, 1.82) is 0 Å². The average Bonchev–Trinajstić information content (AvgIpc) is 3.88. The van der Waals surface area contributed by atoms with Crippen LogP contribution >= 0.6 is 0 Å². The number of rotatable bonds is 8. The quantitative estimate of drug-likeness (QED) is 0.209. The summed E-state index contributed by atoms with van der Waals surface area (Å²) in [5, 5.41) is 0. The minimum Gasteiger partial charge on any atom is -0.369 e. The second kappa shape index (κ2) is 10.2. The molecule has 3 heteroatoms. The molecule has 41 heavy (non-hydrogen) atoms. The largest absolute Gasteiger partial charge is 0.369 e. The fourth-order valence-corrected chi connectivity index (χ4v) is 6.50. The maximum Gasteiger partial charge on any atom is 0.148 e. The van der Waals surface area contributed by atoms with Crippen LogP contribution in [0.5, 0.6) is 0 Å². The van der Waals surface area contributed by atoms with E-state index in [1.165, 1.54) is 11.1 Å². The van der Waals surface area contributed by atoms with Crippen LogP contribution in [0.4, 0.5) is 0 Å². The lowest BCUT2D eigenvalue weighted by Gasteiger charge is -2.47. The standard InChI is InChI=1S/C38H42O3/c1-35(2,3)29-21-13-15-23-31(29)37(33-25-39-33,27-17-9-7-10-18-27)41-38(34-26-40-34,28-19-11-8-12-20-28)32-24-16-14-22-30(32)36(4,5)6/h7-24,33-34H,25-26H2,1-6H3. The van der Waals surface area contributed by atoms with Crippen LogP contribution in [0.2, 0.25) is 0 Å². The second-order valence-corrected chi connectivity index (χ2v) is 13.5. The fourth-order valence-electron chi connectivity index (χ4n) is 6.50. The lowest BCUT2D eigenvalue weighted by Crippen LogP contribution is -2.50. The Kier molecular flexibility index (Phi) is 6.97. The molecule has 0 spiro atoms. The monoisotopic (exact) mass is 546 g/mol. The van der Waals surface area contributed by atoms with E-state index in [1.807, 2.05) is 0 Å². The molecular weight excluding hydrogens is 504 g/mol. The summed E-state index contributed by atoms with van der Waals surface area (Å²) in [5.41, 5.74) is 5.01. The van der Waals surface area contributed by atoms with Crippen molar-refractivity contribution in [2.45, 2.75) is 75.8 Å². The van der Waals surface area contributed by atoms with Crippen molar-refractivity contribution in [3.63, 3.8) is 0 Å². The van der Waals surface area contributed by atoms with E-state index < -0.39 is 11.2 Å². The van der Waals surface area contributed by atoms with Crippen molar-refractivity contribution in [2.75, 3.05) is 13.2 Å². The van der Waals surface area contributed by atoms with Crippen LogP contribution in [0.25, 0.3) is 0 Å². The Balaban J connectivity index is 1.72. The molecule has 0 bridgehead atoms. The molecule has 0 saturated carbocycles. The lowest BCUT2D eigenvalue weighted by molar-refractivity contribution is -0.148. The highest BCUT2D eigenvalue weighted by Crippen LogP contribution is 2.56. The Hall–Kier alpha value is -3.24. The third kappa shape index (κ3) is 4.95. The highest BCUT2D eigenvalue weighted by Gasteiger charge is 2.62. The van der Waals surface area contributed by atoms with Crippen LogP contribution in [-0.2, 0) is 36.2 Å². The van der Waals surface area contributed by atoms with Crippen molar-refractivity contribution in [3.05, 3.63) is 143 Å². The molecule has 0 aromatic heterocycles. The summed E-state index contributed by atoms with van der Waals surface area (Å²) >= 11 is 0. The van der Waals surface area contributed by atoms with Gasteiger partial charge in [-0.2, -0.15) is 0 Å². The molecule has 2 aliphatic heterocycles. The summed E-state index contributed by atoms with van der Waals surface area (Å²) in [6.07, 6.45) is -0.283. The van der Waals surface area contributed by atoms with E-state index in [0.717, 1.165) is 22.3 Å². The third-order valence-electron chi connectivity index (χ3n) is 8.57. The normalized spacial score (nSPS) is 21.5. The van der Waals surface area contributed by atoms with E-state index in [-0.39, 0.29) is 23.0 Å². The Morgan fingerprint density at radius 2 is 0.756 bits per heavy atom. The number of ether oxygens (including phenoxy) is 3. The van der Waals surface area contributed by atoms with E-state index in [4.69, 9.17) is 14.2 Å². The topological polar surface area (TPSA) is 34.3 Å². The molecule has 2 fully saturated rings. The zero-order valence-electron chi connectivity index (χ0n) is 25.2. The summed E-state index contributed by atoms with van der Waals surface area (Å²) in [6.45, 7) is 14.9. The number of epoxide rings is 2. The van der Waals surface area contributed by atoms with Crippen LogP contribution in [0.1, 0.15) is 74.9 Å². The highest BCUT2D eigenvalue weighted by molar-refractivity contribution is 5.51. The molecule has 4 atom stereocenters. The van der Waals surface area contributed by atoms with Gasteiger partial charge in [-0.1, -0.05) is 151 Å². The Morgan fingerprint density at radius 3 is 1.05 bits per heavy atom. The van der Waals surface area contributed by atoms with Gasteiger partial charge in [0.25, 0.3) is 0 Å². The molecule has 212 valence electrons. The van der Waals surface area contributed by atoms with Crippen LogP contribution in [0, 0.1) is 0 Å². The van der Waals surface area contributed by atoms with Crippen LogP contribution in [0.3, 0.4) is 0 Å². The molecule has 3 nitrogen and oxygen atoms in total. The van der Waals surface area contributed by atoms with Gasteiger partial charge in [-0.15, -0.1) is 0 Å². The molecule has 4 aromatic rings. The van der Waals surface area contributed by atoms with Gasteiger partial charge < -0.3 is 14.2 Å². The summed E-state index contributed by atoms with van der Waals surface area (Å²) in [6, 6.07) is 38.9. The van der Waals surface area contributed by atoms with Gasteiger partial charge in [-0.3, -0.25) is 0 Å². The van der Waals surface area contributed by atoms with Crippen LogP contribution in [0.15, 0.2) is 109 Å². The van der Waals surface area contributed by atoms with Crippen molar-refractivity contribution in [3.8, 4) is 0 Å². The van der Waals surface area contributed by atoms with E-state index in [2.05, 4.69) is 151 Å². The summed E-state index contributed by atoms with van der Waals surface area (Å²) < 4.78 is 20.6. The van der Waals surface area contributed by atoms with Crippen molar-refractivity contribution >= 4 is 0 Å². The maximum absolute atomic E-state index is 8.04. The first-order chi connectivity index (χ1) is 19.6.